The van der Waals surface area contributed by atoms with Crippen LogP contribution in [-0.2, 0) is 14.8 Å². The zero-order chi connectivity index (χ0) is 20.2. The normalized spacial score (nSPS) is 18.0. The lowest BCUT2D eigenvalue weighted by Gasteiger charge is -2.32. The Morgan fingerprint density at radius 3 is 2.64 bits per heavy atom. The fraction of sp³-hybridized carbons (Fsp3) is 0.632. The number of aryl methyl sites for hydroxylation is 1. The predicted molar refractivity (Wildman–Crippen MR) is 111 cm³/mol. The van der Waals surface area contributed by atoms with E-state index in [0.29, 0.717) is 35.8 Å². The number of benzene rings is 1. The van der Waals surface area contributed by atoms with E-state index in [1.807, 2.05) is 13.8 Å². The van der Waals surface area contributed by atoms with Crippen LogP contribution in [0.3, 0.4) is 0 Å². The third-order valence-corrected chi connectivity index (χ3v) is 6.97. The van der Waals surface area contributed by atoms with E-state index in [0.717, 1.165) is 18.4 Å². The fourth-order valence-electron chi connectivity index (χ4n) is 3.52. The molecule has 9 heteroatoms. The molecule has 0 aliphatic carbocycles. The number of hydrogen-bond donors (Lipinski definition) is 2. The van der Waals surface area contributed by atoms with Crippen molar-refractivity contribution in [1.29, 1.82) is 0 Å². The highest BCUT2D eigenvalue weighted by atomic mass is 35.5. The number of halogens is 1. The van der Waals surface area contributed by atoms with Crippen LogP contribution in [0.1, 0.15) is 43.7 Å². The minimum absolute atomic E-state index is 0. The second kappa shape index (κ2) is 10.4. The first kappa shape index (κ1) is 24.7. The minimum atomic E-state index is -3.61. The summed E-state index contributed by atoms with van der Waals surface area (Å²) in [5, 5.41) is 11.6. The molecule has 160 valence electrons. The van der Waals surface area contributed by atoms with Crippen molar-refractivity contribution in [2.24, 2.45) is 5.92 Å². The SMILES string of the molecule is COc1cc(C)c(S(=O)(=O)N2CCCC(CNCC(=O)O)C2)cc1C(C)C.Cl. The Bertz CT molecular complexity index is 783. The van der Waals surface area contributed by atoms with E-state index >= 15 is 0 Å². The van der Waals surface area contributed by atoms with Gasteiger partial charge in [-0.1, -0.05) is 13.8 Å². The summed E-state index contributed by atoms with van der Waals surface area (Å²) in [7, 11) is -2.02. The van der Waals surface area contributed by atoms with E-state index in [9.17, 15) is 13.2 Å². The van der Waals surface area contributed by atoms with Crippen molar-refractivity contribution in [3.05, 3.63) is 23.3 Å². The molecule has 0 aromatic heterocycles. The van der Waals surface area contributed by atoms with Crippen molar-refractivity contribution >= 4 is 28.4 Å². The molecule has 2 N–H and O–H groups in total. The molecule has 1 aromatic carbocycles. The van der Waals surface area contributed by atoms with Gasteiger partial charge in [0.15, 0.2) is 0 Å². The summed E-state index contributed by atoms with van der Waals surface area (Å²) in [4.78, 5) is 11.0. The van der Waals surface area contributed by atoms with Crippen molar-refractivity contribution in [2.75, 3.05) is 33.3 Å². The van der Waals surface area contributed by atoms with Crippen LogP contribution in [0.5, 0.6) is 5.75 Å². The molecule has 0 spiro atoms. The molecule has 1 unspecified atom stereocenters. The molecule has 28 heavy (non-hydrogen) atoms. The Hall–Kier alpha value is -1.35. The summed E-state index contributed by atoms with van der Waals surface area (Å²) < 4.78 is 33.5. The first-order valence-electron chi connectivity index (χ1n) is 9.28. The Labute approximate surface area is 173 Å². The maximum atomic E-state index is 13.3. The maximum Gasteiger partial charge on any atom is 0.317 e. The van der Waals surface area contributed by atoms with Gasteiger partial charge in [0, 0.05) is 13.1 Å². The van der Waals surface area contributed by atoms with Gasteiger partial charge in [-0.15, -0.1) is 12.4 Å². The van der Waals surface area contributed by atoms with Crippen LogP contribution in [0.15, 0.2) is 17.0 Å². The van der Waals surface area contributed by atoms with E-state index in [1.54, 1.807) is 26.2 Å². The quantitative estimate of drug-likeness (QED) is 0.652. The molecular weight excluding hydrogens is 404 g/mol. The molecule has 1 aliphatic heterocycles. The van der Waals surface area contributed by atoms with Crippen LogP contribution in [-0.4, -0.2) is 57.1 Å². The molecule has 0 bridgehead atoms. The first-order valence-corrected chi connectivity index (χ1v) is 10.7. The second-order valence-electron chi connectivity index (χ2n) is 7.41. The fourth-order valence-corrected chi connectivity index (χ4v) is 5.31. The molecule has 1 heterocycles. The van der Waals surface area contributed by atoms with Gasteiger partial charge in [0.05, 0.1) is 18.6 Å². The smallest absolute Gasteiger partial charge is 0.317 e. The van der Waals surface area contributed by atoms with E-state index in [2.05, 4.69) is 5.32 Å². The first-order chi connectivity index (χ1) is 12.7. The number of nitrogens with one attached hydrogen (secondary N) is 1. The number of piperidine rings is 1. The molecule has 7 nitrogen and oxygen atoms in total. The van der Waals surface area contributed by atoms with E-state index < -0.39 is 16.0 Å². The van der Waals surface area contributed by atoms with Crippen LogP contribution >= 0.6 is 12.4 Å². The van der Waals surface area contributed by atoms with Gasteiger partial charge < -0.3 is 15.2 Å². The zero-order valence-electron chi connectivity index (χ0n) is 16.9. The number of methoxy groups -OCH3 is 1. The van der Waals surface area contributed by atoms with Gasteiger partial charge in [-0.05, 0) is 61.4 Å². The van der Waals surface area contributed by atoms with Gasteiger partial charge in [0.1, 0.15) is 5.75 Å². The number of carboxylic acids is 1. The summed E-state index contributed by atoms with van der Waals surface area (Å²) in [5.41, 5.74) is 1.54. The number of hydrogen-bond acceptors (Lipinski definition) is 5. The number of carbonyl (C=O) groups is 1. The molecule has 1 aliphatic rings. The van der Waals surface area contributed by atoms with Crippen molar-refractivity contribution in [3.8, 4) is 5.75 Å². The topological polar surface area (TPSA) is 95.9 Å². The van der Waals surface area contributed by atoms with E-state index in [1.165, 1.54) is 4.31 Å². The Balaban J connectivity index is 0.00000392. The highest BCUT2D eigenvalue weighted by Crippen LogP contribution is 2.33. The Morgan fingerprint density at radius 1 is 1.39 bits per heavy atom. The van der Waals surface area contributed by atoms with E-state index in [-0.39, 0.29) is 30.8 Å². The van der Waals surface area contributed by atoms with Gasteiger partial charge in [-0.25, -0.2) is 8.42 Å². The average molecular weight is 435 g/mol. The summed E-state index contributed by atoms with van der Waals surface area (Å²) in [6, 6.07) is 3.53. The summed E-state index contributed by atoms with van der Waals surface area (Å²) in [5.74, 6) is 0.0426. The molecule has 0 amide bonds. The number of rotatable bonds is 8. The monoisotopic (exact) mass is 434 g/mol. The van der Waals surface area contributed by atoms with Crippen LogP contribution in [0.2, 0.25) is 0 Å². The molecule has 0 radical (unpaired) electrons. The van der Waals surface area contributed by atoms with Gasteiger partial charge in [-0.2, -0.15) is 4.31 Å². The number of sulfonamides is 1. The molecular formula is C19H31ClN2O5S. The summed E-state index contributed by atoms with van der Waals surface area (Å²) in [6.07, 6.45) is 1.66. The molecule has 1 fully saturated rings. The van der Waals surface area contributed by atoms with Gasteiger partial charge in [0.2, 0.25) is 10.0 Å². The lowest BCUT2D eigenvalue weighted by Crippen LogP contribution is -2.43. The molecule has 1 saturated heterocycles. The third-order valence-electron chi connectivity index (χ3n) is 4.96. The Kier molecular flexibility index (Phi) is 9.20. The maximum absolute atomic E-state index is 13.3. The largest absolute Gasteiger partial charge is 0.496 e. The zero-order valence-corrected chi connectivity index (χ0v) is 18.5. The number of carboxylic acid groups (broad SMARTS) is 1. The highest BCUT2D eigenvalue weighted by molar-refractivity contribution is 7.89. The number of aliphatic carboxylic acids is 1. The second-order valence-corrected chi connectivity index (χ2v) is 9.32. The van der Waals surface area contributed by atoms with Crippen LogP contribution in [0.4, 0.5) is 0 Å². The van der Waals surface area contributed by atoms with E-state index in [4.69, 9.17) is 9.84 Å². The number of nitrogens with zero attached hydrogens (tertiary/aromatic N) is 1. The predicted octanol–water partition coefficient (Wildman–Crippen LogP) is 2.62. The highest BCUT2D eigenvalue weighted by Gasteiger charge is 2.32. The molecule has 0 saturated carbocycles. The molecule has 1 aromatic rings. The molecule has 2 rings (SSSR count). The van der Waals surface area contributed by atoms with Crippen LogP contribution in [0.25, 0.3) is 0 Å². The van der Waals surface area contributed by atoms with Crippen molar-refractivity contribution in [1.82, 2.24) is 9.62 Å². The van der Waals surface area contributed by atoms with Crippen molar-refractivity contribution in [2.45, 2.75) is 44.4 Å². The van der Waals surface area contributed by atoms with Gasteiger partial charge in [0.25, 0.3) is 0 Å². The lowest BCUT2D eigenvalue weighted by atomic mass is 10.00. The minimum Gasteiger partial charge on any atom is -0.496 e. The summed E-state index contributed by atoms with van der Waals surface area (Å²) >= 11 is 0. The van der Waals surface area contributed by atoms with Crippen molar-refractivity contribution < 1.29 is 23.1 Å². The average Bonchev–Trinajstić information content (AvgIpc) is 2.60. The lowest BCUT2D eigenvalue weighted by molar-refractivity contribution is -0.136. The Morgan fingerprint density at radius 2 is 2.07 bits per heavy atom. The summed E-state index contributed by atoms with van der Waals surface area (Å²) in [6.45, 7) is 7.08. The van der Waals surface area contributed by atoms with Gasteiger partial charge in [-0.3, -0.25) is 4.79 Å². The van der Waals surface area contributed by atoms with Crippen molar-refractivity contribution in [3.63, 3.8) is 0 Å². The van der Waals surface area contributed by atoms with Gasteiger partial charge >= 0.3 is 5.97 Å². The number of ether oxygens (including phenoxy) is 1. The standard InChI is InChI=1S/C19H30N2O5S.ClH/c1-13(2)16-9-18(14(3)8-17(16)26-4)27(24,25)21-7-5-6-15(12-21)10-20-11-19(22)23;/h8-9,13,15,20H,5-7,10-12H2,1-4H3,(H,22,23);1H. The van der Waals surface area contributed by atoms with Crippen LogP contribution < -0.4 is 10.1 Å². The van der Waals surface area contributed by atoms with Crippen LogP contribution in [0, 0.1) is 12.8 Å². The molecule has 1 atom stereocenters. The third kappa shape index (κ3) is 5.83.